The first-order valence-corrected chi connectivity index (χ1v) is 8.11. The van der Waals surface area contributed by atoms with Crippen LogP contribution in [0.15, 0.2) is 11.4 Å². The summed E-state index contributed by atoms with van der Waals surface area (Å²) in [4.78, 5) is 12.5. The molecule has 0 amide bonds. The van der Waals surface area contributed by atoms with Crippen molar-refractivity contribution in [2.75, 3.05) is 0 Å². The van der Waals surface area contributed by atoms with Crippen molar-refractivity contribution < 1.29 is 9.90 Å². The Balaban J connectivity index is 1.93. The molecule has 2 heterocycles. The van der Waals surface area contributed by atoms with Crippen molar-refractivity contribution in [3.63, 3.8) is 0 Å². The fraction of sp³-hybridized carbons (Fsp3) is 0.538. The molecule has 0 aliphatic heterocycles. The van der Waals surface area contributed by atoms with E-state index in [0.29, 0.717) is 30.2 Å². The standard InChI is InChI=1S/C13H15ClN4O2S/c14-9-4-7-21-10(9)11-15-16-17-18(11)8-13(12(19)20)5-2-1-3-6-13/h4,7H,1-3,5-6,8H2,(H,19,20). The van der Waals surface area contributed by atoms with E-state index in [1.807, 2.05) is 5.38 Å². The monoisotopic (exact) mass is 326 g/mol. The van der Waals surface area contributed by atoms with E-state index in [1.54, 1.807) is 10.7 Å². The van der Waals surface area contributed by atoms with Gasteiger partial charge in [0.05, 0.1) is 21.9 Å². The summed E-state index contributed by atoms with van der Waals surface area (Å²) in [6, 6.07) is 1.79. The van der Waals surface area contributed by atoms with Gasteiger partial charge in [-0.05, 0) is 34.7 Å². The summed E-state index contributed by atoms with van der Waals surface area (Å²) in [7, 11) is 0. The number of carboxylic acids is 1. The molecule has 1 fully saturated rings. The second kappa shape index (κ2) is 5.73. The minimum absolute atomic E-state index is 0.291. The van der Waals surface area contributed by atoms with E-state index < -0.39 is 11.4 Å². The molecule has 0 radical (unpaired) electrons. The number of thiophene rings is 1. The summed E-state index contributed by atoms with van der Waals surface area (Å²) in [5, 5.41) is 23.8. The number of halogens is 1. The highest BCUT2D eigenvalue weighted by atomic mass is 35.5. The van der Waals surface area contributed by atoms with Crippen LogP contribution in [-0.2, 0) is 11.3 Å². The van der Waals surface area contributed by atoms with Crippen LogP contribution in [0.5, 0.6) is 0 Å². The molecule has 6 nitrogen and oxygen atoms in total. The number of hydrogen-bond acceptors (Lipinski definition) is 5. The molecule has 2 aromatic rings. The van der Waals surface area contributed by atoms with Crippen LogP contribution in [0.25, 0.3) is 10.7 Å². The Labute approximate surface area is 130 Å². The molecule has 0 atom stereocenters. The van der Waals surface area contributed by atoms with Crippen molar-refractivity contribution in [1.29, 1.82) is 0 Å². The number of aliphatic carboxylic acids is 1. The van der Waals surface area contributed by atoms with Gasteiger partial charge < -0.3 is 5.11 Å². The minimum Gasteiger partial charge on any atom is -0.481 e. The molecule has 112 valence electrons. The van der Waals surface area contributed by atoms with E-state index in [1.165, 1.54) is 11.3 Å². The van der Waals surface area contributed by atoms with Crippen LogP contribution in [0.2, 0.25) is 5.02 Å². The smallest absolute Gasteiger partial charge is 0.311 e. The Morgan fingerprint density at radius 2 is 2.19 bits per heavy atom. The zero-order valence-electron chi connectivity index (χ0n) is 11.3. The lowest BCUT2D eigenvalue weighted by atomic mass is 9.74. The SMILES string of the molecule is O=C(O)C1(Cn2nnnc2-c2sccc2Cl)CCCCC1. The normalized spacial score (nSPS) is 17.8. The average Bonchev–Trinajstić information content (AvgIpc) is 3.08. The van der Waals surface area contributed by atoms with Gasteiger partial charge in [0, 0.05) is 0 Å². The number of carbonyl (C=O) groups is 1. The maximum atomic E-state index is 11.8. The van der Waals surface area contributed by atoms with Crippen molar-refractivity contribution in [2.24, 2.45) is 5.41 Å². The molecule has 0 bridgehead atoms. The number of hydrogen-bond donors (Lipinski definition) is 1. The van der Waals surface area contributed by atoms with Crippen molar-refractivity contribution >= 4 is 28.9 Å². The summed E-state index contributed by atoms with van der Waals surface area (Å²) in [6.07, 6.45) is 4.29. The van der Waals surface area contributed by atoms with E-state index >= 15 is 0 Å². The number of tetrazole rings is 1. The molecule has 0 aromatic carbocycles. The largest absolute Gasteiger partial charge is 0.481 e. The first-order chi connectivity index (χ1) is 10.1. The third-order valence-corrected chi connectivity index (χ3v) is 5.41. The third kappa shape index (κ3) is 2.67. The third-order valence-electron chi connectivity index (χ3n) is 4.07. The Morgan fingerprint density at radius 3 is 2.81 bits per heavy atom. The van der Waals surface area contributed by atoms with Crippen LogP contribution in [0.3, 0.4) is 0 Å². The quantitative estimate of drug-likeness (QED) is 0.933. The molecular weight excluding hydrogens is 312 g/mol. The minimum atomic E-state index is -0.772. The van der Waals surface area contributed by atoms with Gasteiger partial charge in [-0.3, -0.25) is 4.79 Å². The van der Waals surface area contributed by atoms with E-state index in [0.717, 1.165) is 24.1 Å². The van der Waals surface area contributed by atoms with E-state index in [4.69, 9.17) is 11.6 Å². The van der Waals surface area contributed by atoms with Gasteiger partial charge >= 0.3 is 5.97 Å². The number of nitrogens with zero attached hydrogens (tertiary/aromatic N) is 4. The van der Waals surface area contributed by atoms with Crippen LogP contribution in [0, 0.1) is 5.41 Å². The summed E-state index contributed by atoms with van der Waals surface area (Å²) >= 11 is 7.58. The van der Waals surface area contributed by atoms with Crippen LogP contribution in [0.4, 0.5) is 0 Å². The highest BCUT2D eigenvalue weighted by Crippen LogP contribution is 2.39. The predicted octanol–water partition coefficient (Wildman–Crippen LogP) is 3.09. The van der Waals surface area contributed by atoms with Gasteiger partial charge in [-0.1, -0.05) is 30.9 Å². The Hall–Kier alpha value is -1.47. The molecule has 8 heteroatoms. The van der Waals surface area contributed by atoms with E-state index in [-0.39, 0.29) is 0 Å². The fourth-order valence-corrected chi connectivity index (χ4v) is 4.01. The molecule has 1 N–H and O–H groups in total. The molecule has 1 aliphatic carbocycles. The lowest BCUT2D eigenvalue weighted by Gasteiger charge is -2.32. The van der Waals surface area contributed by atoms with Gasteiger partial charge in [-0.2, -0.15) is 0 Å². The lowest BCUT2D eigenvalue weighted by molar-refractivity contribution is -0.152. The lowest BCUT2D eigenvalue weighted by Crippen LogP contribution is -2.38. The highest BCUT2D eigenvalue weighted by Gasteiger charge is 2.41. The van der Waals surface area contributed by atoms with E-state index in [9.17, 15) is 9.90 Å². The zero-order valence-corrected chi connectivity index (χ0v) is 12.9. The van der Waals surface area contributed by atoms with E-state index in [2.05, 4.69) is 15.5 Å². The molecule has 2 aromatic heterocycles. The van der Waals surface area contributed by atoms with Crippen LogP contribution < -0.4 is 0 Å². The zero-order chi connectivity index (χ0) is 14.9. The van der Waals surface area contributed by atoms with Crippen molar-refractivity contribution in [3.05, 3.63) is 16.5 Å². The molecule has 0 unspecified atom stereocenters. The van der Waals surface area contributed by atoms with Gasteiger partial charge in [-0.15, -0.1) is 16.4 Å². The van der Waals surface area contributed by atoms with Gasteiger partial charge in [0.25, 0.3) is 0 Å². The topological polar surface area (TPSA) is 80.9 Å². The van der Waals surface area contributed by atoms with Crippen molar-refractivity contribution in [3.8, 4) is 10.7 Å². The first kappa shape index (κ1) is 14.5. The molecule has 1 aliphatic rings. The molecule has 21 heavy (non-hydrogen) atoms. The molecule has 0 spiro atoms. The van der Waals surface area contributed by atoms with Crippen molar-refractivity contribution in [1.82, 2.24) is 20.2 Å². The fourth-order valence-electron chi connectivity index (χ4n) is 2.88. The Bertz CT molecular complexity index is 648. The van der Waals surface area contributed by atoms with Crippen LogP contribution in [0.1, 0.15) is 32.1 Å². The summed E-state index contributed by atoms with van der Waals surface area (Å²) in [5.74, 6) is -0.220. The molecule has 3 rings (SSSR count). The number of rotatable bonds is 4. The van der Waals surface area contributed by atoms with Gasteiger partial charge in [0.15, 0.2) is 5.82 Å². The number of carboxylic acid groups (broad SMARTS) is 1. The summed E-state index contributed by atoms with van der Waals surface area (Å²) in [5.41, 5.74) is -0.772. The Morgan fingerprint density at radius 1 is 1.43 bits per heavy atom. The first-order valence-electron chi connectivity index (χ1n) is 6.85. The van der Waals surface area contributed by atoms with Crippen LogP contribution in [-0.4, -0.2) is 31.3 Å². The Kier molecular flexibility index (Phi) is 3.95. The second-order valence-electron chi connectivity index (χ2n) is 5.40. The molecule has 1 saturated carbocycles. The van der Waals surface area contributed by atoms with Crippen LogP contribution >= 0.6 is 22.9 Å². The second-order valence-corrected chi connectivity index (χ2v) is 6.73. The molecule has 0 saturated heterocycles. The van der Waals surface area contributed by atoms with Crippen molar-refractivity contribution in [2.45, 2.75) is 38.6 Å². The average molecular weight is 327 g/mol. The summed E-state index contributed by atoms with van der Waals surface area (Å²) < 4.78 is 1.58. The number of aromatic nitrogens is 4. The van der Waals surface area contributed by atoms with Gasteiger partial charge in [0.2, 0.25) is 0 Å². The summed E-state index contributed by atoms with van der Waals surface area (Å²) in [6.45, 7) is 0.291. The molecular formula is C13H15ClN4O2S. The van der Waals surface area contributed by atoms with Gasteiger partial charge in [-0.25, -0.2) is 4.68 Å². The highest BCUT2D eigenvalue weighted by molar-refractivity contribution is 7.14. The maximum absolute atomic E-state index is 11.8. The predicted molar refractivity (Wildman–Crippen MR) is 79.3 cm³/mol. The van der Waals surface area contributed by atoms with Gasteiger partial charge in [0.1, 0.15) is 0 Å². The maximum Gasteiger partial charge on any atom is 0.311 e.